The lowest BCUT2D eigenvalue weighted by Gasteiger charge is -2.22. The summed E-state index contributed by atoms with van der Waals surface area (Å²) in [6.07, 6.45) is 10.5. The third-order valence-electron chi connectivity index (χ3n) is 12.1. The number of primary amides is 1. The number of nitrogens with one attached hydrogen (secondary N) is 5. The lowest BCUT2D eigenvalue weighted by atomic mass is 10.1. The normalized spacial score (nSPS) is 15.8. The molecule has 10 rings (SSSR count). The van der Waals surface area contributed by atoms with Crippen molar-refractivity contribution in [2.75, 3.05) is 51.2 Å². The Morgan fingerprint density at radius 2 is 1.10 bits per heavy atom. The van der Waals surface area contributed by atoms with E-state index in [1.807, 2.05) is 36.4 Å². The quantitative estimate of drug-likeness (QED) is 0.0790. The van der Waals surface area contributed by atoms with Crippen LogP contribution in [0.2, 0.25) is 5.15 Å². The van der Waals surface area contributed by atoms with Crippen LogP contribution in [0.25, 0.3) is 22.1 Å². The Kier molecular flexibility index (Phi) is 12.7. The number of carbonyl (C=O) groups excluding carboxylic acids is 2. The first-order valence-electron chi connectivity index (χ1n) is 21.7. The van der Waals surface area contributed by atoms with Gasteiger partial charge >= 0.3 is 0 Å². The second-order valence-electron chi connectivity index (χ2n) is 17.7. The molecule has 20 nitrogen and oxygen atoms in total. The van der Waals surface area contributed by atoms with Gasteiger partial charge in [-0.1, -0.05) is 23.7 Å². The Bertz CT molecular complexity index is 3290. The summed E-state index contributed by atoms with van der Waals surface area (Å²) in [5, 5.41) is 15.9. The molecule has 67 heavy (non-hydrogen) atoms. The number of fused-ring (bicyclic) bond motifs is 2. The summed E-state index contributed by atoms with van der Waals surface area (Å²) in [5.41, 5.74) is 10.2. The van der Waals surface area contributed by atoms with E-state index in [9.17, 15) is 36.0 Å². The van der Waals surface area contributed by atoms with Crippen LogP contribution in [0, 0.1) is 11.8 Å². The molecule has 0 saturated heterocycles. The fourth-order valence-corrected chi connectivity index (χ4v) is 8.64. The lowest BCUT2D eigenvalue weighted by Crippen LogP contribution is -2.25. The number of carbonyl (C=O) groups is 2. The number of nitrogens with zero attached hydrogens (tertiary/aromatic N) is 6. The van der Waals surface area contributed by atoms with Crippen molar-refractivity contribution in [3.05, 3.63) is 85.5 Å². The van der Waals surface area contributed by atoms with Crippen molar-refractivity contribution in [2.45, 2.75) is 63.2 Å². The number of aromatic nitrogens is 6. The summed E-state index contributed by atoms with van der Waals surface area (Å²) in [5.74, 6) is 1.24. The number of rotatable bonds is 13. The largest absolute Gasteiger partial charge is 0.369 e. The van der Waals surface area contributed by atoms with Gasteiger partial charge in [0.15, 0.2) is 11.3 Å². The molecule has 4 aliphatic carbocycles. The number of hydrogen-bond acceptors (Lipinski definition) is 12. The molecule has 2 amide bonds. The highest BCUT2D eigenvalue weighted by atomic mass is 35.5. The third-order valence-corrected chi connectivity index (χ3v) is 14.7. The van der Waals surface area contributed by atoms with Crippen LogP contribution in [0.3, 0.4) is 0 Å². The number of sulfonamides is 2. The number of nitrogens with two attached hydrogens (primary N) is 1. The summed E-state index contributed by atoms with van der Waals surface area (Å²) >= 11 is 6.11. The standard InChI is InChI=1S/C22H26N6O4S.C18H20ClN5O3S.C4H7NO/c1-27-22(30)19-16(11-18(24-20(19)26-27)25-21(29)13-6-7-13)23-15-9-8-14(12-4-5-12)10-17(15)28(2)33(3,31)32;1-23-18(25)16-13(9-15(19)21-17(16)22-23)20-12-7-6-11(10-4-5-10)8-14(12)24(2)28(3,26)27;5-4(6)3-1-2-3/h8-13H,4-7H2,1-3H3,(H3,23,24,25,26,29);6-10H,4-5H2,1-3H3,(H2,20,21,22);3H,1-2H2,(H2,5,6). The number of halogens is 1. The number of aromatic amines is 2. The monoisotopic (exact) mass is 976 g/mol. The number of hydrogen-bond donors (Lipinski definition) is 6. The van der Waals surface area contributed by atoms with Crippen molar-refractivity contribution in [2.24, 2.45) is 31.7 Å². The fraction of sp³-hybridized carbons (Fsp3) is 0.409. The molecule has 4 aromatic heterocycles. The van der Waals surface area contributed by atoms with E-state index < -0.39 is 20.0 Å². The molecule has 0 aliphatic heterocycles. The Morgan fingerprint density at radius 3 is 1.49 bits per heavy atom. The van der Waals surface area contributed by atoms with Crippen molar-refractivity contribution in [1.82, 2.24) is 29.5 Å². The third kappa shape index (κ3) is 10.8. The lowest BCUT2D eigenvalue weighted by molar-refractivity contribution is -0.119. The molecule has 0 atom stereocenters. The van der Waals surface area contributed by atoms with E-state index in [1.54, 1.807) is 26.2 Å². The van der Waals surface area contributed by atoms with Gasteiger partial charge < -0.3 is 21.7 Å². The van der Waals surface area contributed by atoms with E-state index in [4.69, 9.17) is 17.3 Å². The summed E-state index contributed by atoms with van der Waals surface area (Å²) in [7, 11) is -0.783. The van der Waals surface area contributed by atoms with Gasteiger partial charge in [-0.25, -0.2) is 26.8 Å². The predicted molar refractivity (Wildman–Crippen MR) is 261 cm³/mol. The summed E-state index contributed by atoms with van der Waals surface area (Å²) in [6.45, 7) is 0. The maximum atomic E-state index is 12.8. The van der Waals surface area contributed by atoms with Crippen LogP contribution in [0.1, 0.15) is 74.3 Å². The number of benzene rings is 2. The molecule has 23 heteroatoms. The summed E-state index contributed by atoms with van der Waals surface area (Å²) in [4.78, 5) is 56.1. The van der Waals surface area contributed by atoms with Gasteiger partial charge in [0, 0.05) is 46.1 Å². The van der Waals surface area contributed by atoms with Crippen molar-refractivity contribution in [3.8, 4) is 0 Å². The van der Waals surface area contributed by atoms with Gasteiger partial charge in [-0.05, 0) is 105 Å². The minimum Gasteiger partial charge on any atom is -0.369 e. The number of amides is 2. The smallest absolute Gasteiger partial charge is 0.277 e. The summed E-state index contributed by atoms with van der Waals surface area (Å²) in [6, 6.07) is 14.5. The van der Waals surface area contributed by atoms with Gasteiger partial charge in [0.1, 0.15) is 21.7 Å². The number of anilines is 7. The van der Waals surface area contributed by atoms with Gasteiger partial charge in [0.25, 0.3) is 11.1 Å². The zero-order valence-electron chi connectivity index (χ0n) is 37.8. The Balaban J connectivity index is 0.000000163. The maximum Gasteiger partial charge on any atom is 0.277 e. The minimum absolute atomic E-state index is 0.00119. The van der Waals surface area contributed by atoms with Crippen LogP contribution >= 0.6 is 11.6 Å². The highest BCUT2D eigenvalue weighted by molar-refractivity contribution is 7.92. The molecule has 4 aliphatic rings. The van der Waals surface area contributed by atoms with E-state index in [0.29, 0.717) is 73.8 Å². The number of pyridine rings is 2. The van der Waals surface area contributed by atoms with Crippen molar-refractivity contribution >= 4 is 105 Å². The van der Waals surface area contributed by atoms with E-state index in [-0.39, 0.29) is 39.9 Å². The molecule has 6 aromatic rings. The number of H-pyrrole nitrogens is 2. The van der Waals surface area contributed by atoms with Gasteiger partial charge in [-0.2, -0.15) is 0 Å². The van der Waals surface area contributed by atoms with E-state index in [0.717, 1.165) is 75.0 Å². The molecule has 2 aromatic carbocycles. The maximum absolute atomic E-state index is 12.8. The van der Waals surface area contributed by atoms with Gasteiger partial charge in [-0.3, -0.25) is 47.3 Å². The first-order chi connectivity index (χ1) is 31.6. The Hall–Kier alpha value is -6.39. The first kappa shape index (κ1) is 47.1. The molecule has 7 N–H and O–H groups in total. The average molecular weight is 978 g/mol. The Labute approximate surface area is 391 Å². The van der Waals surface area contributed by atoms with Gasteiger partial charge in [-0.15, -0.1) is 0 Å². The van der Waals surface area contributed by atoms with Crippen LogP contribution in [0.5, 0.6) is 0 Å². The molecule has 0 unspecified atom stereocenters. The van der Waals surface area contributed by atoms with Gasteiger partial charge in [0.05, 0.1) is 46.6 Å². The molecule has 0 bridgehead atoms. The second-order valence-corrected chi connectivity index (χ2v) is 22.1. The molecular weight excluding hydrogens is 924 g/mol. The Morgan fingerprint density at radius 1 is 0.672 bits per heavy atom. The minimum atomic E-state index is -3.51. The SMILES string of the molecule is CN(c1cc(C2CC2)ccc1Nc1cc(Cl)nc2[nH]n(C)c(=O)c12)S(C)(=O)=O.CN(c1cc(C2CC2)ccc1Nc1cc(NC(=O)C2CC2)nc2[nH]n(C)c(=O)c12)S(C)(=O)=O.NC(=O)C1CC1. The highest BCUT2D eigenvalue weighted by Crippen LogP contribution is 2.45. The van der Waals surface area contributed by atoms with Crippen LogP contribution in [-0.2, 0) is 43.7 Å². The fourth-order valence-electron chi connectivity index (χ4n) is 7.43. The van der Waals surface area contributed by atoms with Crippen LogP contribution in [-0.4, -0.2) is 84.8 Å². The van der Waals surface area contributed by atoms with Crippen molar-refractivity contribution in [1.29, 1.82) is 0 Å². The molecular formula is C44H53ClN12O8S2. The predicted octanol–water partition coefficient (Wildman–Crippen LogP) is 5.44. The van der Waals surface area contributed by atoms with Gasteiger partial charge in [0.2, 0.25) is 31.9 Å². The van der Waals surface area contributed by atoms with Crippen LogP contribution in [0.4, 0.5) is 39.9 Å². The second kappa shape index (κ2) is 18.0. The molecule has 0 radical (unpaired) electrons. The van der Waals surface area contributed by atoms with Crippen LogP contribution in [0.15, 0.2) is 58.1 Å². The van der Waals surface area contributed by atoms with E-state index in [2.05, 4.69) is 36.1 Å². The van der Waals surface area contributed by atoms with Crippen molar-refractivity contribution < 1.29 is 26.4 Å². The van der Waals surface area contributed by atoms with Crippen LogP contribution < -0.4 is 41.4 Å². The highest BCUT2D eigenvalue weighted by Gasteiger charge is 2.31. The topological polar surface area (TPSA) is 272 Å². The van der Waals surface area contributed by atoms with E-state index >= 15 is 0 Å². The summed E-state index contributed by atoms with van der Waals surface area (Å²) < 4.78 is 54.1. The molecule has 4 saturated carbocycles. The first-order valence-corrected chi connectivity index (χ1v) is 25.8. The molecule has 0 spiro atoms. The van der Waals surface area contributed by atoms with E-state index in [1.165, 1.54) is 32.1 Å². The van der Waals surface area contributed by atoms with Crippen molar-refractivity contribution in [3.63, 3.8) is 0 Å². The molecule has 4 heterocycles. The zero-order chi connectivity index (χ0) is 48.3. The number of aryl methyl sites for hydroxylation is 2. The zero-order valence-corrected chi connectivity index (χ0v) is 40.2. The molecule has 4 fully saturated rings. The molecule has 356 valence electrons. The average Bonchev–Trinajstić information content (AvgIpc) is 4.07.